The van der Waals surface area contributed by atoms with E-state index < -0.39 is 5.91 Å². The number of hydrogen-bond acceptors (Lipinski definition) is 5. The van der Waals surface area contributed by atoms with Gasteiger partial charge in [0.1, 0.15) is 11.6 Å². The van der Waals surface area contributed by atoms with Crippen LogP contribution in [0.5, 0.6) is 5.75 Å². The number of fused-ring (bicyclic) bond motifs is 1. The third-order valence-corrected chi connectivity index (χ3v) is 5.32. The zero-order valence-corrected chi connectivity index (χ0v) is 18.8. The largest absolute Gasteiger partial charge is 0.482 e. The lowest BCUT2D eigenvalue weighted by atomic mass is 10.1. The number of carbonyl (C=O) groups excluding carboxylic acids is 1. The molecule has 0 radical (unpaired) electrons. The third kappa shape index (κ3) is 4.88. The minimum absolute atomic E-state index is 0.0380. The summed E-state index contributed by atoms with van der Waals surface area (Å²) in [5, 5.41) is 5.17. The van der Waals surface area contributed by atoms with Crippen LogP contribution in [-0.4, -0.2) is 28.4 Å². The number of ether oxygens (including phenoxy) is 1. The summed E-state index contributed by atoms with van der Waals surface area (Å²) in [6.45, 7) is 3.76. The Bertz CT molecular complexity index is 1190. The van der Waals surface area contributed by atoms with Gasteiger partial charge in [-0.3, -0.25) is 9.59 Å². The zero-order chi connectivity index (χ0) is 21.8. The highest BCUT2D eigenvalue weighted by Crippen LogP contribution is 2.25. The molecule has 0 spiro atoms. The Morgan fingerprint density at radius 1 is 1.37 bits per heavy atom. The van der Waals surface area contributed by atoms with Crippen molar-refractivity contribution in [2.75, 3.05) is 6.61 Å². The first-order valence-electron chi connectivity index (χ1n) is 9.27. The van der Waals surface area contributed by atoms with Gasteiger partial charge in [-0.1, -0.05) is 41.4 Å². The van der Waals surface area contributed by atoms with Gasteiger partial charge in [-0.15, -0.1) is 0 Å². The number of carbonyl (C=O) groups is 1. The Balaban J connectivity index is 2.02. The van der Waals surface area contributed by atoms with Crippen LogP contribution in [0, 0.1) is 0 Å². The van der Waals surface area contributed by atoms with E-state index in [1.165, 1.54) is 10.9 Å². The van der Waals surface area contributed by atoms with Gasteiger partial charge in [0.15, 0.2) is 6.61 Å². The average Bonchev–Trinajstić information content (AvgIpc) is 2.72. The van der Waals surface area contributed by atoms with Crippen molar-refractivity contribution in [2.24, 2.45) is 10.8 Å². The number of benzene rings is 2. The third-order valence-electron chi connectivity index (χ3n) is 4.53. The van der Waals surface area contributed by atoms with Crippen molar-refractivity contribution in [2.45, 2.75) is 26.2 Å². The van der Waals surface area contributed by atoms with E-state index in [4.69, 9.17) is 22.1 Å². The molecule has 0 bridgehead atoms. The average molecular weight is 492 g/mol. The quantitative estimate of drug-likeness (QED) is 0.504. The fourth-order valence-corrected chi connectivity index (χ4v) is 3.37. The minimum atomic E-state index is -0.593. The molecular weight excluding hydrogens is 472 g/mol. The van der Waals surface area contributed by atoms with Gasteiger partial charge in [-0.25, -0.2) is 4.98 Å². The SMILES string of the molecule is CC[C@@H](C)c1nc2ccc(Br)cc2c(=O)n1N=Cc1ccc(OCC(N)=O)c(Cl)c1. The van der Waals surface area contributed by atoms with E-state index in [-0.39, 0.29) is 18.1 Å². The highest BCUT2D eigenvalue weighted by Gasteiger charge is 2.15. The number of amides is 1. The van der Waals surface area contributed by atoms with Crippen LogP contribution in [0.4, 0.5) is 0 Å². The maximum atomic E-state index is 13.1. The maximum Gasteiger partial charge on any atom is 0.282 e. The van der Waals surface area contributed by atoms with Crippen LogP contribution < -0.4 is 16.0 Å². The Labute approximate surface area is 186 Å². The van der Waals surface area contributed by atoms with Crippen molar-refractivity contribution < 1.29 is 9.53 Å². The molecule has 3 rings (SSSR count). The van der Waals surface area contributed by atoms with Crippen LogP contribution in [-0.2, 0) is 4.79 Å². The van der Waals surface area contributed by atoms with Crippen LogP contribution in [0.2, 0.25) is 5.02 Å². The molecule has 1 atom stereocenters. The second kappa shape index (κ2) is 9.40. The highest BCUT2D eigenvalue weighted by molar-refractivity contribution is 9.10. The van der Waals surface area contributed by atoms with E-state index in [0.717, 1.165) is 10.9 Å². The molecule has 0 aliphatic carbocycles. The van der Waals surface area contributed by atoms with Crippen molar-refractivity contribution in [3.05, 3.63) is 67.6 Å². The van der Waals surface area contributed by atoms with E-state index in [1.807, 2.05) is 26.0 Å². The van der Waals surface area contributed by atoms with Crippen molar-refractivity contribution in [3.63, 3.8) is 0 Å². The molecule has 1 aromatic heterocycles. The molecule has 2 aromatic carbocycles. The van der Waals surface area contributed by atoms with Crippen LogP contribution >= 0.6 is 27.5 Å². The number of nitrogens with zero attached hydrogens (tertiary/aromatic N) is 3. The molecule has 156 valence electrons. The lowest BCUT2D eigenvalue weighted by molar-refractivity contribution is -0.119. The fourth-order valence-electron chi connectivity index (χ4n) is 2.77. The number of halogens is 2. The highest BCUT2D eigenvalue weighted by atomic mass is 79.9. The standard InChI is InChI=1S/C21H20BrClN4O3/c1-3-12(2)20-26-17-6-5-14(22)9-15(17)21(29)27(20)25-10-13-4-7-18(16(23)8-13)30-11-19(24)28/h4-10,12H,3,11H2,1-2H3,(H2,24,28)/t12-/m1/s1. The van der Waals surface area contributed by atoms with E-state index in [1.54, 1.807) is 24.3 Å². The molecule has 2 N–H and O–H groups in total. The minimum Gasteiger partial charge on any atom is -0.482 e. The summed E-state index contributed by atoms with van der Waals surface area (Å²) in [4.78, 5) is 28.6. The number of hydrogen-bond donors (Lipinski definition) is 1. The molecule has 0 fully saturated rings. The first-order valence-corrected chi connectivity index (χ1v) is 10.4. The summed E-state index contributed by atoms with van der Waals surface area (Å²) in [7, 11) is 0. The summed E-state index contributed by atoms with van der Waals surface area (Å²) in [5.74, 6) is 0.364. The Morgan fingerprint density at radius 2 is 2.13 bits per heavy atom. The van der Waals surface area contributed by atoms with Gasteiger partial charge in [-0.05, 0) is 48.4 Å². The molecule has 1 amide bonds. The van der Waals surface area contributed by atoms with Gasteiger partial charge in [0.25, 0.3) is 11.5 Å². The predicted octanol–water partition coefficient (Wildman–Crippen LogP) is 4.07. The van der Waals surface area contributed by atoms with Gasteiger partial charge in [0, 0.05) is 10.4 Å². The monoisotopic (exact) mass is 490 g/mol. The first kappa shape index (κ1) is 22.0. The molecule has 0 saturated heterocycles. The molecule has 0 saturated carbocycles. The van der Waals surface area contributed by atoms with Crippen LogP contribution in [0.25, 0.3) is 10.9 Å². The smallest absolute Gasteiger partial charge is 0.282 e. The topological polar surface area (TPSA) is 99.6 Å². The number of aromatic nitrogens is 2. The van der Waals surface area contributed by atoms with Crippen molar-refractivity contribution in [3.8, 4) is 5.75 Å². The van der Waals surface area contributed by atoms with Gasteiger partial charge < -0.3 is 10.5 Å². The zero-order valence-electron chi connectivity index (χ0n) is 16.4. The molecular formula is C21H20BrClN4O3. The summed E-state index contributed by atoms with van der Waals surface area (Å²) >= 11 is 9.60. The maximum absolute atomic E-state index is 13.1. The number of nitrogens with two attached hydrogens (primary N) is 1. The second-order valence-electron chi connectivity index (χ2n) is 6.75. The molecule has 7 nitrogen and oxygen atoms in total. The van der Waals surface area contributed by atoms with Gasteiger partial charge in [-0.2, -0.15) is 9.78 Å². The second-order valence-corrected chi connectivity index (χ2v) is 8.07. The summed E-state index contributed by atoms with van der Waals surface area (Å²) in [6, 6.07) is 10.3. The van der Waals surface area contributed by atoms with E-state index in [9.17, 15) is 9.59 Å². The van der Waals surface area contributed by atoms with Crippen molar-refractivity contribution >= 4 is 50.6 Å². The lowest BCUT2D eigenvalue weighted by Crippen LogP contribution is -2.23. The first-order chi connectivity index (χ1) is 14.3. The number of rotatable bonds is 7. The summed E-state index contributed by atoms with van der Waals surface area (Å²) in [6.07, 6.45) is 2.34. The van der Waals surface area contributed by atoms with Crippen molar-refractivity contribution in [1.29, 1.82) is 0 Å². The fraction of sp³-hybridized carbons (Fsp3) is 0.238. The lowest BCUT2D eigenvalue weighted by Gasteiger charge is -2.14. The normalized spacial score (nSPS) is 12.4. The summed E-state index contributed by atoms with van der Waals surface area (Å²) in [5.41, 5.74) is 6.11. The molecule has 30 heavy (non-hydrogen) atoms. The molecule has 9 heteroatoms. The molecule has 3 aromatic rings. The van der Waals surface area contributed by atoms with E-state index >= 15 is 0 Å². The predicted molar refractivity (Wildman–Crippen MR) is 122 cm³/mol. The van der Waals surface area contributed by atoms with Gasteiger partial charge in [0.2, 0.25) is 0 Å². The Hall–Kier alpha value is -2.71. The van der Waals surface area contributed by atoms with Gasteiger partial charge >= 0.3 is 0 Å². The molecule has 1 heterocycles. The van der Waals surface area contributed by atoms with Gasteiger partial charge in [0.05, 0.1) is 22.1 Å². The van der Waals surface area contributed by atoms with E-state index in [2.05, 4.69) is 26.0 Å². The van der Waals surface area contributed by atoms with Crippen LogP contribution in [0.3, 0.4) is 0 Å². The molecule has 0 unspecified atom stereocenters. The van der Waals surface area contributed by atoms with E-state index in [0.29, 0.717) is 33.1 Å². The molecule has 0 aliphatic heterocycles. The Kier molecular flexibility index (Phi) is 6.89. The van der Waals surface area contributed by atoms with Crippen LogP contribution in [0.1, 0.15) is 37.6 Å². The Morgan fingerprint density at radius 3 is 2.80 bits per heavy atom. The van der Waals surface area contributed by atoms with Crippen molar-refractivity contribution in [1.82, 2.24) is 9.66 Å². The molecule has 0 aliphatic rings. The summed E-state index contributed by atoms with van der Waals surface area (Å²) < 4.78 is 7.36. The van der Waals surface area contributed by atoms with Crippen LogP contribution in [0.15, 0.2) is 50.8 Å². The number of primary amides is 1.